The van der Waals surface area contributed by atoms with E-state index in [9.17, 15) is 0 Å². The Kier molecular flexibility index (Phi) is 2.47. The summed E-state index contributed by atoms with van der Waals surface area (Å²) >= 11 is 3.00. The van der Waals surface area contributed by atoms with E-state index in [4.69, 9.17) is 0 Å². The highest BCUT2D eigenvalue weighted by Crippen LogP contribution is 2.29. The first-order valence-corrected chi connectivity index (χ1v) is 5.75. The Morgan fingerprint density at radius 1 is 1.21 bits per heavy atom. The lowest BCUT2D eigenvalue weighted by Crippen LogP contribution is -1.86. The van der Waals surface area contributed by atoms with Gasteiger partial charge < -0.3 is 5.32 Å². The smallest absolute Gasteiger partial charge is 0.202 e. The first-order valence-electron chi connectivity index (χ1n) is 4.16. The SMILES string of the molecule is CNc1nc(-c2sc(C)nc2C)ns1. The van der Waals surface area contributed by atoms with Gasteiger partial charge in [-0.25, -0.2) is 4.98 Å². The number of nitrogens with one attached hydrogen (secondary N) is 1. The molecule has 6 heteroatoms. The van der Waals surface area contributed by atoms with Gasteiger partial charge in [0.15, 0.2) is 5.82 Å². The van der Waals surface area contributed by atoms with Crippen molar-refractivity contribution in [2.45, 2.75) is 13.8 Å². The van der Waals surface area contributed by atoms with Crippen LogP contribution in [0.4, 0.5) is 5.13 Å². The molecule has 0 bridgehead atoms. The number of aryl methyl sites for hydroxylation is 2. The highest BCUT2D eigenvalue weighted by atomic mass is 32.1. The van der Waals surface area contributed by atoms with Gasteiger partial charge in [-0.05, 0) is 13.8 Å². The maximum atomic E-state index is 4.35. The van der Waals surface area contributed by atoms with Gasteiger partial charge in [0, 0.05) is 18.6 Å². The molecule has 0 saturated carbocycles. The van der Waals surface area contributed by atoms with Crippen molar-refractivity contribution in [2.75, 3.05) is 12.4 Å². The summed E-state index contributed by atoms with van der Waals surface area (Å²) in [5, 5.41) is 4.86. The van der Waals surface area contributed by atoms with Gasteiger partial charge in [0.25, 0.3) is 0 Å². The molecule has 0 aliphatic rings. The van der Waals surface area contributed by atoms with Crippen molar-refractivity contribution in [3.63, 3.8) is 0 Å². The second-order valence-electron chi connectivity index (χ2n) is 2.82. The third-order valence-electron chi connectivity index (χ3n) is 1.75. The summed E-state index contributed by atoms with van der Waals surface area (Å²) in [6, 6.07) is 0. The monoisotopic (exact) mass is 226 g/mol. The van der Waals surface area contributed by atoms with Gasteiger partial charge in [0.05, 0.1) is 15.6 Å². The Morgan fingerprint density at radius 3 is 2.50 bits per heavy atom. The van der Waals surface area contributed by atoms with E-state index in [1.165, 1.54) is 11.5 Å². The Bertz CT molecular complexity index is 446. The summed E-state index contributed by atoms with van der Waals surface area (Å²) in [7, 11) is 1.84. The van der Waals surface area contributed by atoms with Crippen molar-refractivity contribution in [1.82, 2.24) is 14.3 Å². The molecule has 0 atom stereocenters. The number of hydrogen-bond donors (Lipinski definition) is 1. The Labute approximate surface area is 90.2 Å². The van der Waals surface area contributed by atoms with Gasteiger partial charge in [-0.2, -0.15) is 9.36 Å². The molecule has 2 aromatic rings. The minimum Gasteiger partial charge on any atom is -0.363 e. The molecule has 1 N–H and O–H groups in total. The zero-order valence-corrected chi connectivity index (χ0v) is 9.79. The predicted octanol–water partition coefficient (Wildman–Crippen LogP) is 2.32. The number of aromatic nitrogens is 3. The van der Waals surface area contributed by atoms with Crippen LogP contribution in [0, 0.1) is 13.8 Å². The van der Waals surface area contributed by atoms with Crippen molar-refractivity contribution in [3.05, 3.63) is 10.7 Å². The van der Waals surface area contributed by atoms with E-state index in [1.807, 2.05) is 20.9 Å². The molecule has 0 aromatic carbocycles. The number of nitrogens with zero attached hydrogens (tertiary/aromatic N) is 3. The van der Waals surface area contributed by atoms with Gasteiger partial charge in [-0.15, -0.1) is 11.3 Å². The van der Waals surface area contributed by atoms with Gasteiger partial charge >= 0.3 is 0 Å². The first kappa shape index (κ1) is 9.54. The summed E-state index contributed by atoms with van der Waals surface area (Å²) in [5.74, 6) is 0.780. The number of thiazole rings is 1. The molecule has 14 heavy (non-hydrogen) atoms. The summed E-state index contributed by atoms with van der Waals surface area (Å²) in [6.07, 6.45) is 0. The Morgan fingerprint density at radius 2 is 2.00 bits per heavy atom. The lowest BCUT2D eigenvalue weighted by atomic mass is 10.4. The molecule has 0 radical (unpaired) electrons. The van der Waals surface area contributed by atoms with Crippen LogP contribution in [0.5, 0.6) is 0 Å². The summed E-state index contributed by atoms with van der Waals surface area (Å²) in [6.45, 7) is 3.98. The molecule has 0 amide bonds. The molecule has 0 aliphatic heterocycles. The molecule has 0 fully saturated rings. The van der Waals surface area contributed by atoms with Crippen LogP contribution < -0.4 is 5.32 Å². The van der Waals surface area contributed by atoms with Crippen LogP contribution in [0.1, 0.15) is 10.7 Å². The zero-order chi connectivity index (χ0) is 10.1. The topological polar surface area (TPSA) is 50.7 Å². The van der Waals surface area contributed by atoms with Gasteiger partial charge in [0.2, 0.25) is 5.13 Å². The quantitative estimate of drug-likeness (QED) is 0.853. The number of hydrogen-bond acceptors (Lipinski definition) is 6. The second-order valence-corrected chi connectivity index (χ2v) is 4.78. The van der Waals surface area contributed by atoms with Crippen molar-refractivity contribution in [2.24, 2.45) is 0 Å². The lowest BCUT2D eigenvalue weighted by molar-refractivity contribution is 1.19. The molecule has 2 aromatic heterocycles. The van der Waals surface area contributed by atoms with E-state index in [0.717, 1.165) is 26.5 Å². The number of anilines is 1. The van der Waals surface area contributed by atoms with Gasteiger partial charge in [0.1, 0.15) is 0 Å². The van der Waals surface area contributed by atoms with Crippen LogP contribution >= 0.6 is 22.9 Å². The largest absolute Gasteiger partial charge is 0.363 e. The average molecular weight is 226 g/mol. The summed E-state index contributed by atoms with van der Waals surface area (Å²) in [4.78, 5) is 9.75. The van der Waals surface area contributed by atoms with Crippen LogP contribution in [0.25, 0.3) is 10.7 Å². The first-order chi connectivity index (χ1) is 6.70. The van der Waals surface area contributed by atoms with Crippen molar-refractivity contribution in [1.29, 1.82) is 0 Å². The molecule has 0 saturated heterocycles. The average Bonchev–Trinajstić information content (AvgIpc) is 2.71. The molecule has 0 spiro atoms. The maximum absolute atomic E-state index is 4.35. The van der Waals surface area contributed by atoms with E-state index in [-0.39, 0.29) is 0 Å². The zero-order valence-electron chi connectivity index (χ0n) is 8.16. The van der Waals surface area contributed by atoms with Crippen molar-refractivity contribution >= 4 is 28.0 Å². The molecule has 0 unspecified atom stereocenters. The fourth-order valence-corrected chi connectivity index (χ4v) is 2.59. The molecular weight excluding hydrogens is 216 g/mol. The third-order valence-corrected chi connectivity index (χ3v) is 3.55. The number of rotatable bonds is 2. The van der Waals surface area contributed by atoms with Crippen LogP contribution in [-0.2, 0) is 0 Å². The Balaban J connectivity index is 2.43. The van der Waals surface area contributed by atoms with E-state index < -0.39 is 0 Å². The molecule has 2 rings (SSSR count). The minimum absolute atomic E-state index is 0.780. The van der Waals surface area contributed by atoms with Crippen LogP contribution in [0.15, 0.2) is 0 Å². The van der Waals surface area contributed by atoms with E-state index in [2.05, 4.69) is 19.7 Å². The third kappa shape index (κ3) is 1.62. The Hall–Kier alpha value is -1.01. The fourth-order valence-electron chi connectivity index (χ4n) is 1.16. The highest BCUT2D eigenvalue weighted by molar-refractivity contribution is 7.15. The van der Waals surface area contributed by atoms with E-state index in [1.54, 1.807) is 11.3 Å². The minimum atomic E-state index is 0.780. The normalized spacial score (nSPS) is 10.5. The maximum Gasteiger partial charge on any atom is 0.202 e. The van der Waals surface area contributed by atoms with Gasteiger partial charge in [-0.3, -0.25) is 0 Å². The lowest BCUT2D eigenvalue weighted by Gasteiger charge is -1.89. The van der Waals surface area contributed by atoms with E-state index in [0.29, 0.717) is 0 Å². The van der Waals surface area contributed by atoms with Crippen molar-refractivity contribution < 1.29 is 0 Å². The molecule has 4 nitrogen and oxygen atoms in total. The molecule has 0 aliphatic carbocycles. The molecule has 2 heterocycles. The predicted molar refractivity (Wildman–Crippen MR) is 60.0 cm³/mol. The van der Waals surface area contributed by atoms with E-state index >= 15 is 0 Å². The molecular formula is C8H10N4S2. The van der Waals surface area contributed by atoms with Crippen molar-refractivity contribution in [3.8, 4) is 10.7 Å². The fraction of sp³-hybridized carbons (Fsp3) is 0.375. The highest BCUT2D eigenvalue weighted by Gasteiger charge is 2.12. The van der Waals surface area contributed by atoms with Gasteiger partial charge in [-0.1, -0.05) is 0 Å². The summed E-state index contributed by atoms with van der Waals surface area (Å²) < 4.78 is 4.27. The second kappa shape index (κ2) is 3.62. The summed E-state index contributed by atoms with van der Waals surface area (Å²) in [5.41, 5.74) is 1.01. The van der Waals surface area contributed by atoms with Crippen LogP contribution in [0.2, 0.25) is 0 Å². The standard InChI is InChI=1S/C8H10N4S2/c1-4-6(13-5(2)10-4)7-11-8(9-3)14-12-7/h1-3H3,(H,9,11,12). The van der Waals surface area contributed by atoms with Crippen LogP contribution in [0.3, 0.4) is 0 Å². The molecule has 74 valence electrons. The van der Waals surface area contributed by atoms with Crippen LogP contribution in [-0.4, -0.2) is 21.4 Å².